The molecule has 0 aliphatic rings. The Morgan fingerprint density at radius 2 is 1.95 bits per heavy atom. The number of aliphatic carboxylic acids is 1. The van der Waals surface area contributed by atoms with E-state index < -0.39 is 24.0 Å². The van der Waals surface area contributed by atoms with Crippen LogP contribution in [0.1, 0.15) is 18.4 Å². The van der Waals surface area contributed by atoms with Crippen LogP contribution in [-0.4, -0.2) is 42.8 Å². The fraction of sp³-hybridized carbons (Fsp3) is 0.467. The summed E-state index contributed by atoms with van der Waals surface area (Å²) in [6.45, 7) is 0.260. The number of rotatable bonds is 9. The summed E-state index contributed by atoms with van der Waals surface area (Å²) in [5.41, 5.74) is 6.90. The van der Waals surface area contributed by atoms with Crippen LogP contribution in [0.15, 0.2) is 30.3 Å². The fourth-order valence-electron chi connectivity index (χ4n) is 1.87. The third-order valence-corrected chi connectivity index (χ3v) is 3.15. The molecule has 6 heteroatoms. The maximum absolute atomic E-state index is 11.9. The van der Waals surface area contributed by atoms with Crippen LogP contribution in [0.25, 0.3) is 0 Å². The Kier molecular flexibility index (Phi) is 7.42. The van der Waals surface area contributed by atoms with E-state index in [1.54, 1.807) is 0 Å². The van der Waals surface area contributed by atoms with Crippen LogP contribution in [0.2, 0.25) is 0 Å². The molecule has 2 atom stereocenters. The quantitative estimate of drug-likeness (QED) is 0.617. The number of benzene rings is 1. The molecule has 0 saturated carbocycles. The van der Waals surface area contributed by atoms with E-state index in [9.17, 15) is 9.59 Å². The number of carbonyl (C=O) groups excluding carboxylic acids is 1. The van der Waals surface area contributed by atoms with Gasteiger partial charge in [0.05, 0.1) is 6.04 Å². The van der Waals surface area contributed by atoms with Gasteiger partial charge in [-0.1, -0.05) is 30.3 Å². The van der Waals surface area contributed by atoms with E-state index in [4.69, 9.17) is 15.6 Å². The molecule has 4 N–H and O–H groups in total. The van der Waals surface area contributed by atoms with Crippen molar-refractivity contribution in [2.24, 2.45) is 5.73 Å². The first-order valence-electron chi connectivity index (χ1n) is 6.86. The monoisotopic (exact) mass is 294 g/mol. The molecule has 1 aromatic carbocycles. The number of carboxylic acids is 1. The van der Waals surface area contributed by atoms with Crippen LogP contribution in [0, 0.1) is 0 Å². The van der Waals surface area contributed by atoms with Gasteiger partial charge in [-0.15, -0.1) is 0 Å². The Morgan fingerprint density at radius 1 is 1.29 bits per heavy atom. The molecule has 0 fully saturated rings. The van der Waals surface area contributed by atoms with Gasteiger partial charge in [0.2, 0.25) is 5.91 Å². The second kappa shape index (κ2) is 9.10. The topological polar surface area (TPSA) is 102 Å². The first kappa shape index (κ1) is 17.1. The van der Waals surface area contributed by atoms with E-state index in [2.05, 4.69) is 5.32 Å². The second-order valence-electron chi connectivity index (χ2n) is 4.81. The van der Waals surface area contributed by atoms with Crippen molar-refractivity contribution in [2.45, 2.75) is 31.3 Å². The van der Waals surface area contributed by atoms with Crippen LogP contribution >= 0.6 is 0 Å². The minimum atomic E-state index is -1.09. The zero-order chi connectivity index (χ0) is 15.7. The molecular formula is C15H22N2O4. The van der Waals surface area contributed by atoms with Gasteiger partial charge in [0, 0.05) is 20.1 Å². The average molecular weight is 294 g/mol. The van der Waals surface area contributed by atoms with E-state index in [1.807, 2.05) is 30.3 Å². The van der Waals surface area contributed by atoms with E-state index in [1.165, 1.54) is 7.11 Å². The molecule has 0 bridgehead atoms. The van der Waals surface area contributed by atoms with Crippen molar-refractivity contribution in [1.29, 1.82) is 0 Å². The zero-order valence-corrected chi connectivity index (χ0v) is 12.1. The summed E-state index contributed by atoms with van der Waals surface area (Å²) < 4.78 is 4.82. The van der Waals surface area contributed by atoms with Crippen LogP contribution in [0.4, 0.5) is 0 Å². The summed E-state index contributed by atoms with van der Waals surface area (Å²) in [6, 6.07) is 7.99. The maximum atomic E-state index is 11.9. The smallest absolute Gasteiger partial charge is 0.326 e. The Morgan fingerprint density at radius 3 is 2.52 bits per heavy atom. The van der Waals surface area contributed by atoms with Crippen molar-refractivity contribution in [3.8, 4) is 0 Å². The molecular weight excluding hydrogens is 272 g/mol. The van der Waals surface area contributed by atoms with E-state index in [0.29, 0.717) is 12.8 Å². The van der Waals surface area contributed by atoms with Gasteiger partial charge in [-0.05, 0) is 18.4 Å². The number of hydrogen-bond donors (Lipinski definition) is 3. The Hall–Kier alpha value is -1.92. The van der Waals surface area contributed by atoms with Crippen molar-refractivity contribution >= 4 is 11.9 Å². The number of hydrogen-bond acceptors (Lipinski definition) is 4. The molecule has 0 aliphatic heterocycles. The summed E-state index contributed by atoms with van der Waals surface area (Å²) in [6.07, 6.45) is 1.35. The highest BCUT2D eigenvalue weighted by molar-refractivity contribution is 5.86. The zero-order valence-electron chi connectivity index (χ0n) is 12.1. The summed E-state index contributed by atoms with van der Waals surface area (Å²) in [4.78, 5) is 22.9. The number of carbonyl (C=O) groups is 2. The molecule has 1 unspecified atom stereocenters. The van der Waals surface area contributed by atoms with Gasteiger partial charge in [-0.25, -0.2) is 4.79 Å². The Balaban J connectivity index is 2.43. The highest BCUT2D eigenvalue weighted by Crippen LogP contribution is 2.04. The van der Waals surface area contributed by atoms with Crippen LogP contribution in [0.5, 0.6) is 0 Å². The minimum Gasteiger partial charge on any atom is -0.480 e. The number of nitrogens with two attached hydrogens (primary N) is 1. The van der Waals surface area contributed by atoms with E-state index in [-0.39, 0.29) is 13.0 Å². The van der Waals surface area contributed by atoms with Crippen molar-refractivity contribution in [2.75, 3.05) is 13.7 Å². The highest BCUT2D eigenvalue weighted by Gasteiger charge is 2.22. The molecule has 6 nitrogen and oxygen atoms in total. The molecule has 0 saturated heterocycles. The van der Waals surface area contributed by atoms with Gasteiger partial charge in [0.25, 0.3) is 0 Å². The first-order chi connectivity index (χ1) is 10.0. The lowest BCUT2D eigenvalue weighted by Crippen LogP contribution is -2.48. The molecule has 0 heterocycles. The number of carboxylic acid groups (broad SMARTS) is 1. The fourth-order valence-corrected chi connectivity index (χ4v) is 1.87. The Bertz CT molecular complexity index is 450. The van der Waals surface area contributed by atoms with Gasteiger partial charge in [-0.3, -0.25) is 4.79 Å². The third-order valence-electron chi connectivity index (χ3n) is 3.15. The number of aryl methyl sites for hydroxylation is 1. The maximum Gasteiger partial charge on any atom is 0.326 e. The molecule has 0 radical (unpaired) electrons. The largest absolute Gasteiger partial charge is 0.480 e. The lowest BCUT2D eigenvalue weighted by atomic mass is 10.0. The summed E-state index contributed by atoms with van der Waals surface area (Å²) in [5, 5.41) is 11.5. The lowest BCUT2D eigenvalue weighted by molar-refractivity contribution is -0.142. The summed E-state index contributed by atoms with van der Waals surface area (Å²) in [5.74, 6) is -1.54. The molecule has 21 heavy (non-hydrogen) atoms. The molecule has 116 valence electrons. The van der Waals surface area contributed by atoms with E-state index >= 15 is 0 Å². The number of ether oxygens (including phenoxy) is 1. The molecule has 1 aromatic rings. The van der Waals surface area contributed by atoms with Gasteiger partial charge in [0.1, 0.15) is 6.04 Å². The van der Waals surface area contributed by atoms with Crippen molar-refractivity contribution in [3.05, 3.63) is 35.9 Å². The predicted octanol–water partition coefficient (Wildman–Crippen LogP) is 0.552. The van der Waals surface area contributed by atoms with Gasteiger partial charge in [0.15, 0.2) is 0 Å². The van der Waals surface area contributed by atoms with Crippen molar-refractivity contribution < 1.29 is 19.4 Å². The Labute approximate surface area is 124 Å². The molecule has 0 spiro atoms. The second-order valence-corrected chi connectivity index (χ2v) is 4.81. The summed E-state index contributed by atoms with van der Waals surface area (Å²) in [7, 11) is 1.48. The number of nitrogens with one attached hydrogen (secondary N) is 1. The van der Waals surface area contributed by atoms with E-state index in [0.717, 1.165) is 5.56 Å². The summed E-state index contributed by atoms with van der Waals surface area (Å²) >= 11 is 0. The van der Waals surface area contributed by atoms with Gasteiger partial charge < -0.3 is 20.9 Å². The SMILES string of the molecule is COCCC(NC(=O)[C@@H](N)CCc1ccccc1)C(=O)O. The number of amides is 1. The highest BCUT2D eigenvalue weighted by atomic mass is 16.5. The van der Waals surface area contributed by atoms with Crippen molar-refractivity contribution in [1.82, 2.24) is 5.32 Å². The first-order valence-corrected chi connectivity index (χ1v) is 6.86. The molecule has 0 aliphatic carbocycles. The number of methoxy groups -OCH3 is 1. The average Bonchev–Trinajstić information content (AvgIpc) is 2.49. The molecule has 1 amide bonds. The van der Waals surface area contributed by atoms with Crippen LogP contribution in [-0.2, 0) is 20.7 Å². The normalized spacial score (nSPS) is 13.4. The van der Waals surface area contributed by atoms with Crippen molar-refractivity contribution in [3.63, 3.8) is 0 Å². The predicted molar refractivity (Wildman–Crippen MR) is 78.8 cm³/mol. The minimum absolute atomic E-state index is 0.211. The standard InChI is InChI=1S/C15H22N2O4/c1-21-10-9-13(15(19)20)17-14(18)12(16)8-7-11-5-3-2-4-6-11/h2-6,12-13H,7-10,16H2,1H3,(H,17,18)(H,19,20)/t12-,13?/m0/s1. The van der Waals surface area contributed by atoms with Crippen LogP contribution in [0.3, 0.4) is 0 Å². The molecule has 1 rings (SSSR count). The lowest BCUT2D eigenvalue weighted by Gasteiger charge is -2.17. The van der Waals surface area contributed by atoms with Crippen LogP contribution < -0.4 is 11.1 Å². The molecule has 0 aromatic heterocycles. The van der Waals surface area contributed by atoms with Gasteiger partial charge in [-0.2, -0.15) is 0 Å². The van der Waals surface area contributed by atoms with Gasteiger partial charge >= 0.3 is 5.97 Å². The third kappa shape index (κ3) is 6.37.